The number of Topliss-reactive ketones (excluding diaryl/α,β-unsaturated/α-hetero) is 1. The number of nitrogens with two attached hydrogens (primary N) is 1. The highest BCUT2D eigenvalue weighted by atomic mass is 35.5. The van der Waals surface area contributed by atoms with Crippen molar-refractivity contribution in [3.05, 3.63) is 28.8 Å². The van der Waals surface area contributed by atoms with E-state index in [-0.39, 0.29) is 5.78 Å². The molecule has 2 nitrogen and oxygen atoms in total. The average Bonchev–Trinajstić information content (AvgIpc) is 2.08. The number of halogens is 2. The summed E-state index contributed by atoms with van der Waals surface area (Å²) in [6, 6.07) is 4.92. The van der Waals surface area contributed by atoms with Crippen molar-refractivity contribution >= 4 is 34.7 Å². The van der Waals surface area contributed by atoms with Crippen molar-refractivity contribution in [1.82, 2.24) is 0 Å². The van der Waals surface area contributed by atoms with Gasteiger partial charge in [-0.3, -0.25) is 4.79 Å². The number of nitrogen functional groups attached to an aromatic ring is 1. The zero-order valence-electron chi connectivity index (χ0n) is 7.05. The molecule has 0 aromatic heterocycles. The van der Waals surface area contributed by atoms with Crippen LogP contribution < -0.4 is 5.73 Å². The van der Waals surface area contributed by atoms with Crippen LogP contribution in [0.5, 0.6) is 0 Å². The SMILES string of the molecule is CC(Cl)C(=O)c1cccc(Cl)c1N. The van der Waals surface area contributed by atoms with Crippen molar-refractivity contribution in [2.75, 3.05) is 5.73 Å². The quantitative estimate of drug-likeness (QED) is 0.471. The fraction of sp³-hybridized carbons (Fsp3) is 0.222. The predicted octanol–water partition coefficient (Wildman–Crippen LogP) is 2.73. The van der Waals surface area contributed by atoms with Crippen LogP contribution in [0.4, 0.5) is 5.69 Å². The maximum Gasteiger partial charge on any atom is 0.182 e. The summed E-state index contributed by atoms with van der Waals surface area (Å²) in [5.41, 5.74) is 6.29. The summed E-state index contributed by atoms with van der Waals surface area (Å²) in [6.45, 7) is 1.60. The Morgan fingerprint density at radius 3 is 2.69 bits per heavy atom. The molecule has 2 N–H and O–H groups in total. The Morgan fingerprint density at radius 1 is 1.54 bits per heavy atom. The van der Waals surface area contributed by atoms with Crippen LogP contribution in [0.15, 0.2) is 18.2 Å². The first-order valence-corrected chi connectivity index (χ1v) is 4.57. The second-order valence-corrected chi connectivity index (χ2v) is 3.74. The third kappa shape index (κ3) is 2.14. The van der Waals surface area contributed by atoms with E-state index in [1.54, 1.807) is 25.1 Å². The molecule has 0 heterocycles. The monoisotopic (exact) mass is 217 g/mol. The number of carbonyl (C=O) groups excluding carboxylic acids is 1. The minimum absolute atomic E-state index is 0.207. The molecule has 0 saturated heterocycles. The Balaban J connectivity index is 3.15. The van der Waals surface area contributed by atoms with Crippen LogP contribution >= 0.6 is 23.2 Å². The number of carbonyl (C=O) groups is 1. The van der Waals surface area contributed by atoms with E-state index in [9.17, 15) is 4.79 Å². The molecule has 0 saturated carbocycles. The van der Waals surface area contributed by atoms with Crippen molar-refractivity contribution in [3.8, 4) is 0 Å². The van der Waals surface area contributed by atoms with Crippen LogP contribution in [0.25, 0.3) is 0 Å². The molecule has 0 aliphatic rings. The van der Waals surface area contributed by atoms with Crippen molar-refractivity contribution < 1.29 is 4.79 Å². The molecular formula is C9H9Cl2NO. The van der Waals surface area contributed by atoms with E-state index >= 15 is 0 Å². The van der Waals surface area contributed by atoms with Crippen LogP contribution in [0.2, 0.25) is 5.02 Å². The third-order valence-corrected chi connectivity index (χ3v) is 2.21. The number of alkyl halides is 1. The highest BCUT2D eigenvalue weighted by Gasteiger charge is 2.15. The number of para-hydroxylation sites is 1. The topological polar surface area (TPSA) is 43.1 Å². The molecule has 4 heteroatoms. The van der Waals surface area contributed by atoms with Gasteiger partial charge in [0.25, 0.3) is 0 Å². The number of hydrogen-bond acceptors (Lipinski definition) is 2. The van der Waals surface area contributed by atoms with E-state index in [2.05, 4.69) is 0 Å². The second-order valence-electron chi connectivity index (χ2n) is 2.68. The van der Waals surface area contributed by atoms with Gasteiger partial charge in [-0.1, -0.05) is 17.7 Å². The lowest BCUT2D eigenvalue weighted by Crippen LogP contribution is -2.12. The minimum Gasteiger partial charge on any atom is -0.397 e. The number of benzene rings is 1. The highest BCUT2D eigenvalue weighted by molar-refractivity contribution is 6.37. The molecule has 1 aromatic carbocycles. The van der Waals surface area contributed by atoms with Gasteiger partial charge in [0.2, 0.25) is 0 Å². The second kappa shape index (κ2) is 3.99. The summed E-state index contributed by atoms with van der Waals surface area (Å²) in [5.74, 6) is -0.207. The molecule has 13 heavy (non-hydrogen) atoms. The van der Waals surface area contributed by atoms with Gasteiger partial charge in [-0.15, -0.1) is 11.6 Å². The molecule has 1 atom stereocenters. The third-order valence-electron chi connectivity index (χ3n) is 1.68. The predicted molar refractivity (Wildman–Crippen MR) is 55.5 cm³/mol. The highest BCUT2D eigenvalue weighted by Crippen LogP contribution is 2.24. The first-order valence-electron chi connectivity index (χ1n) is 3.76. The Morgan fingerprint density at radius 2 is 2.15 bits per heavy atom. The number of anilines is 1. The lowest BCUT2D eigenvalue weighted by molar-refractivity contribution is 0.0992. The number of hydrogen-bond donors (Lipinski definition) is 1. The fourth-order valence-corrected chi connectivity index (χ4v) is 1.26. The molecule has 0 bridgehead atoms. The van der Waals surface area contributed by atoms with Gasteiger partial charge in [0.05, 0.1) is 16.1 Å². The molecule has 1 rings (SSSR count). The normalized spacial score (nSPS) is 12.5. The van der Waals surface area contributed by atoms with Crippen LogP contribution in [0, 0.1) is 0 Å². The van der Waals surface area contributed by atoms with Crippen LogP contribution in [0.1, 0.15) is 17.3 Å². The maximum atomic E-state index is 11.4. The summed E-state index contributed by atoms with van der Waals surface area (Å²) in [6.07, 6.45) is 0. The lowest BCUT2D eigenvalue weighted by Gasteiger charge is -2.06. The zero-order valence-corrected chi connectivity index (χ0v) is 8.56. The Kier molecular flexibility index (Phi) is 3.17. The van der Waals surface area contributed by atoms with E-state index in [4.69, 9.17) is 28.9 Å². The Hall–Kier alpha value is -0.730. The van der Waals surface area contributed by atoms with E-state index < -0.39 is 5.38 Å². The van der Waals surface area contributed by atoms with Crippen molar-refractivity contribution in [2.24, 2.45) is 0 Å². The minimum atomic E-state index is -0.583. The molecular weight excluding hydrogens is 209 g/mol. The van der Waals surface area contributed by atoms with Gasteiger partial charge in [-0.25, -0.2) is 0 Å². The van der Waals surface area contributed by atoms with Crippen molar-refractivity contribution in [1.29, 1.82) is 0 Å². The average molecular weight is 218 g/mol. The Labute approximate surface area is 86.6 Å². The number of rotatable bonds is 2. The molecule has 0 spiro atoms. The summed E-state index contributed by atoms with van der Waals surface area (Å²) >= 11 is 11.4. The van der Waals surface area contributed by atoms with E-state index in [1.807, 2.05) is 0 Å². The summed E-state index contributed by atoms with van der Waals surface area (Å²) in [5, 5.41) is -0.205. The fourth-order valence-electron chi connectivity index (χ4n) is 0.966. The van der Waals surface area contributed by atoms with Gasteiger partial charge < -0.3 is 5.73 Å². The van der Waals surface area contributed by atoms with Gasteiger partial charge in [0, 0.05) is 5.56 Å². The zero-order chi connectivity index (χ0) is 10.0. The van der Waals surface area contributed by atoms with E-state index in [0.29, 0.717) is 16.3 Å². The molecule has 1 aromatic rings. The molecule has 1 unspecified atom stereocenters. The number of ketones is 1. The van der Waals surface area contributed by atoms with Gasteiger partial charge in [0.1, 0.15) is 0 Å². The summed E-state index contributed by atoms with van der Waals surface area (Å²) < 4.78 is 0. The first kappa shape index (κ1) is 10.4. The standard InChI is InChI=1S/C9H9Cl2NO/c1-5(10)9(13)6-3-2-4-7(11)8(6)12/h2-5H,12H2,1H3. The van der Waals surface area contributed by atoms with Crippen LogP contribution in [-0.2, 0) is 0 Å². The van der Waals surface area contributed by atoms with Gasteiger partial charge in [0.15, 0.2) is 5.78 Å². The first-order chi connectivity index (χ1) is 6.04. The van der Waals surface area contributed by atoms with Crippen LogP contribution in [0.3, 0.4) is 0 Å². The molecule has 0 amide bonds. The lowest BCUT2D eigenvalue weighted by atomic mass is 10.1. The van der Waals surface area contributed by atoms with Crippen LogP contribution in [-0.4, -0.2) is 11.2 Å². The van der Waals surface area contributed by atoms with E-state index in [0.717, 1.165) is 0 Å². The summed E-state index contributed by atoms with van der Waals surface area (Å²) in [4.78, 5) is 11.4. The molecule has 0 fully saturated rings. The van der Waals surface area contributed by atoms with Crippen molar-refractivity contribution in [3.63, 3.8) is 0 Å². The van der Waals surface area contributed by atoms with Crippen molar-refractivity contribution in [2.45, 2.75) is 12.3 Å². The molecule has 70 valence electrons. The van der Waals surface area contributed by atoms with Gasteiger partial charge in [-0.2, -0.15) is 0 Å². The molecule has 0 radical (unpaired) electrons. The molecule has 0 aliphatic heterocycles. The van der Waals surface area contributed by atoms with Gasteiger partial charge >= 0.3 is 0 Å². The Bertz CT molecular complexity index is 336. The molecule has 0 aliphatic carbocycles. The maximum absolute atomic E-state index is 11.4. The summed E-state index contributed by atoms with van der Waals surface area (Å²) in [7, 11) is 0. The van der Waals surface area contributed by atoms with E-state index in [1.165, 1.54) is 0 Å². The largest absolute Gasteiger partial charge is 0.397 e. The smallest absolute Gasteiger partial charge is 0.182 e. The van der Waals surface area contributed by atoms with Gasteiger partial charge in [-0.05, 0) is 19.1 Å².